The van der Waals surface area contributed by atoms with Gasteiger partial charge in [-0.15, -0.1) is 0 Å². The minimum Gasteiger partial charge on any atom is -0.497 e. The monoisotopic (exact) mass is 288 g/mol. The van der Waals surface area contributed by atoms with Gasteiger partial charge in [-0.2, -0.15) is 0 Å². The summed E-state index contributed by atoms with van der Waals surface area (Å²) in [6, 6.07) is 7.56. The Balaban J connectivity index is 2.54. The Bertz CT molecular complexity index is 657. The largest absolute Gasteiger partial charge is 0.497 e. The topological polar surface area (TPSA) is 66.5 Å². The number of benzene rings is 1. The smallest absolute Gasteiger partial charge is 0.342 e. The first-order valence-electron chi connectivity index (χ1n) is 6.77. The minimum absolute atomic E-state index is 0.324. The Morgan fingerprint density at radius 3 is 2.43 bits per heavy atom. The highest BCUT2D eigenvalue weighted by atomic mass is 16.5. The third-order valence-corrected chi connectivity index (χ3v) is 3.57. The number of methoxy groups -OCH3 is 1. The van der Waals surface area contributed by atoms with E-state index in [9.17, 15) is 4.79 Å². The van der Waals surface area contributed by atoms with Crippen LogP contribution in [0.4, 0.5) is 5.69 Å². The molecule has 1 aromatic carbocycles. The first-order chi connectivity index (χ1) is 10.0. The highest BCUT2D eigenvalue weighted by Crippen LogP contribution is 2.34. The first kappa shape index (κ1) is 15.0. The van der Waals surface area contributed by atoms with Gasteiger partial charge in [-0.1, -0.05) is 0 Å². The van der Waals surface area contributed by atoms with Crippen molar-refractivity contribution in [2.24, 2.45) is 7.05 Å². The van der Waals surface area contributed by atoms with E-state index < -0.39 is 0 Å². The number of hydrogen-bond donors (Lipinski definition) is 1. The number of rotatable bonds is 4. The van der Waals surface area contributed by atoms with Crippen molar-refractivity contribution in [3.8, 4) is 17.0 Å². The van der Waals surface area contributed by atoms with Crippen LogP contribution in [0.1, 0.15) is 23.0 Å². The van der Waals surface area contributed by atoms with Crippen LogP contribution in [0.15, 0.2) is 24.3 Å². The summed E-state index contributed by atoms with van der Waals surface area (Å²) < 4.78 is 12.1. The zero-order valence-corrected chi connectivity index (χ0v) is 12.8. The molecule has 21 heavy (non-hydrogen) atoms. The summed E-state index contributed by atoms with van der Waals surface area (Å²) in [6.45, 7) is 3.96. The van der Waals surface area contributed by atoms with Crippen LogP contribution in [0.5, 0.6) is 5.75 Å². The highest BCUT2D eigenvalue weighted by molar-refractivity contribution is 6.01. The van der Waals surface area contributed by atoms with E-state index in [0.29, 0.717) is 17.9 Å². The molecule has 0 aliphatic carbocycles. The van der Waals surface area contributed by atoms with E-state index in [1.807, 2.05) is 42.8 Å². The molecule has 5 nitrogen and oxygen atoms in total. The Kier molecular flexibility index (Phi) is 4.21. The maximum atomic E-state index is 12.0. The Hall–Kier alpha value is -2.43. The zero-order valence-electron chi connectivity index (χ0n) is 12.8. The third-order valence-electron chi connectivity index (χ3n) is 3.57. The van der Waals surface area contributed by atoms with E-state index in [-0.39, 0.29) is 5.97 Å². The standard InChI is InChI=1S/C16H20N2O3/c1-5-21-16(19)13-10(2)18(3)15(14(13)17)11-6-8-12(20-4)9-7-11/h6-9H,5,17H2,1-4H3. The van der Waals surface area contributed by atoms with Gasteiger partial charge in [-0.25, -0.2) is 4.79 Å². The van der Waals surface area contributed by atoms with Crippen LogP contribution >= 0.6 is 0 Å². The van der Waals surface area contributed by atoms with Crippen LogP contribution in [-0.4, -0.2) is 24.3 Å². The fraction of sp³-hybridized carbons (Fsp3) is 0.312. The Morgan fingerprint density at radius 1 is 1.29 bits per heavy atom. The molecule has 0 spiro atoms. The van der Waals surface area contributed by atoms with Gasteiger partial charge in [0.2, 0.25) is 0 Å². The summed E-state index contributed by atoms with van der Waals surface area (Å²) in [5.74, 6) is 0.386. The molecule has 2 N–H and O–H groups in total. The molecule has 0 aliphatic rings. The van der Waals surface area contributed by atoms with Gasteiger partial charge in [-0.05, 0) is 38.1 Å². The van der Waals surface area contributed by atoms with Crippen LogP contribution in [0.2, 0.25) is 0 Å². The van der Waals surface area contributed by atoms with Crippen molar-refractivity contribution in [3.05, 3.63) is 35.5 Å². The lowest BCUT2D eigenvalue weighted by atomic mass is 10.1. The second-order valence-electron chi connectivity index (χ2n) is 4.73. The predicted octanol–water partition coefficient (Wildman–Crippen LogP) is 2.77. The van der Waals surface area contributed by atoms with Gasteiger partial charge in [0.15, 0.2) is 0 Å². The average molecular weight is 288 g/mol. The lowest BCUT2D eigenvalue weighted by Crippen LogP contribution is -2.08. The number of ether oxygens (including phenoxy) is 2. The number of hydrogen-bond acceptors (Lipinski definition) is 4. The van der Waals surface area contributed by atoms with E-state index in [1.165, 1.54) is 0 Å². The molecule has 0 aliphatic heterocycles. The van der Waals surface area contributed by atoms with E-state index >= 15 is 0 Å². The van der Waals surface area contributed by atoms with Crippen LogP contribution < -0.4 is 10.5 Å². The molecule has 2 rings (SSSR count). The van der Waals surface area contributed by atoms with Crippen molar-refractivity contribution in [2.45, 2.75) is 13.8 Å². The quantitative estimate of drug-likeness (QED) is 0.878. The number of nitrogens with two attached hydrogens (primary N) is 1. The normalized spacial score (nSPS) is 10.5. The first-order valence-corrected chi connectivity index (χ1v) is 6.77. The van der Waals surface area contributed by atoms with Crippen LogP contribution in [-0.2, 0) is 11.8 Å². The highest BCUT2D eigenvalue weighted by Gasteiger charge is 2.23. The summed E-state index contributed by atoms with van der Waals surface area (Å²) in [5.41, 5.74) is 9.58. The predicted molar refractivity (Wildman–Crippen MR) is 82.5 cm³/mol. The molecule has 0 fully saturated rings. The minimum atomic E-state index is -0.386. The number of carbonyl (C=O) groups is 1. The van der Waals surface area contributed by atoms with Gasteiger partial charge in [0.05, 0.1) is 25.1 Å². The molecule has 1 heterocycles. The molecule has 0 atom stereocenters. The summed E-state index contributed by atoms with van der Waals surface area (Å²) in [5, 5.41) is 0. The maximum absolute atomic E-state index is 12.0. The lowest BCUT2D eigenvalue weighted by Gasteiger charge is -2.07. The summed E-state index contributed by atoms with van der Waals surface area (Å²) in [4.78, 5) is 12.0. The van der Waals surface area contributed by atoms with Crippen molar-refractivity contribution < 1.29 is 14.3 Å². The van der Waals surface area contributed by atoms with Crippen LogP contribution in [0.25, 0.3) is 11.3 Å². The molecule has 0 saturated carbocycles. The van der Waals surface area contributed by atoms with Gasteiger partial charge in [0.1, 0.15) is 11.3 Å². The molecule has 112 valence electrons. The van der Waals surface area contributed by atoms with E-state index in [2.05, 4.69) is 0 Å². The lowest BCUT2D eigenvalue weighted by molar-refractivity contribution is 0.0526. The number of nitrogens with zero attached hydrogens (tertiary/aromatic N) is 1. The molecule has 0 bridgehead atoms. The van der Waals surface area contributed by atoms with Crippen molar-refractivity contribution in [1.29, 1.82) is 0 Å². The van der Waals surface area contributed by atoms with Crippen LogP contribution in [0.3, 0.4) is 0 Å². The van der Waals surface area contributed by atoms with Crippen molar-refractivity contribution >= 4 is 11.7 Å². The van der Waals surface area contributed by atoms with Gasteiger partial charge >= 0.3 is 5.97 Å². The molecule has 2 aromatic rings. The van der Waals surface area contributed by atoms with E-state index in [4.69, 9.17) is 15.2 Å². The fourth-order valence-corrected chi connectivity index (χ4v) is 2.39. The van der Waals surface area contributed by atoms with E-state index in [0.717, 1.165) is 22.7 Å². The summed E-state index contributed by atoms with van der Waals surface area (Å²) >= 11 is 0. The second kappa shape index (κ2) is 5.91. The third kappa shape index (κ3) is 2.59. The van der Waals surface area contributed by atoms with Gasteiger partial charge in [0.25, 0.3) is 0 Å². The Labute approximate surface area is 124 Å². The second-order valence-corrected chi connectivity index (χ2v) is 4.73. The summed E-state index contributed by atoms with van der Waals surface area (Å²) in [7, 11) is 3.50. The summed E-state index contributed by atoms with van der Waals surface area (Å²) in [6.07, 6.45) is 0. The molecule has 1 aromatic heterocycles. The average Bonchev–Trinajstić information content (AvgIpc) is 2.70. The number of esters is 1. The molecule has 0 saturated heterocycles. The Morgan fingerprint density at radius 2 is 1.90 bits per heavy atom. The SMILES string of the molecule is CCOC(=O)c1c(N)c(-c2ccc(OC)cc2)n(C)c1C. The number of nitrogen functional groups attached to an aromatic ring is 1. The zero-order chi connectivity index (χ0) is 15.6. The molecule has 0 amide bonds. The molecular weight excluding hydrogens is 268 g/mol. The number of aromatic nitrogens is 1. The number of carbonyl (C=O) groups excluding carboxylic acids is 1. The van der Waals surface area contributed by atoms with Crippen molar-refractivity contribution in [2.75, 3.05) is 19.5 Å². The fourth-order valence-electron chi connectivity index (χ4n) is 2.39. The number of anilines is 1. The van der Waals surface area contributed by atoms with Gasteiger partial charge in [0, 0.05) is 18.3 Å². The maximum Gasteiger partial charge on any atom is 0.342 e. The van der Waals surface area contributed by atoms with Crippen LogP contribution in [0, 0.1) is 6.92 Å². The molecule has 0 unspecified atom stereocenters. The van der Waals surface area contributed by atoms with Crippen molar-refractivity contribution in [1.82, 2.24) is 4.57 Å². The molecule has 5 heteroatoms. The van der Waals surface area contributed by atoms with Gasteiger partial charge in [-0.3, -0.25) is 0 Å². The molecular formula is C16H20N2O3. The van der Waals surface area contributed by atoms with Gasteiger partial charge < -0.3 is 19.8 Å². The van der Waals surface area contributed by atoms with Crippen molar-refractivity contribution in [3.63, 3.8) is 0 Å². The molecule has 0 radical (unpaired) electrons. The van der Waals surface area contributed by atoms with E-state index in [1.54, 1.807) is 14.0 Å².